The molecule has 18 heavy (non-hydrogen) atoms. The van der Waals surface area contributed by atoms with Crippen molar-refractivity contribution in [2.24, 2.45) is 0 Å². The molecule has 0 aromatic heterocycles. The normalized spacial score (nSPS) is 27.1. The van der Waals surface area contributed by atoms with Gasteiger partial charge >= 0.3 is 0 Å². The van der Waals surface area contributed by atoms with Gasteiger partial charge in [-0.25, -0.2) is 0 Å². The number of rotatable bonds is 3. The number of β-amino-alcohol motifs (C(OH)–C–C–N with tert-alkyl or cyclic N) is 1. The van der Waals surface area contributed by atoms with Crippen LogP contribution in [-0.2, 0) is 4.74 Å². The van der Waals surface area contributed by atoms with Crippen LogP contribution in [0.4, 0.5) is 0 Å². The first-order chi connectivity index (χ1) is 8.54. The maximum atomic E-state index is 10.2. The molecular weight excluding hydrogens is 250 g/mol. The predicted molar refractivity (Wildman–Crippen MR) is 72.9 cm³/mol. The molecule has 0 saturated carbocycles. The van der Waals surface area contributed by atoms with Crippen molar-refractivity contribution in [3.8, 4) is 0 Å². The van der Waals surface area contributed by atoms with Crippen LogP contribution in [0.15, 0.2) is 24.3 Å². The molecule has 0 amide bonds. The summed E-state index contributed by atoms with van der Waals surface area (Å²) < 4.78 is 5.68. The van der Waals surface area contributed by atoms with E-state index in [1.807, 2.05) is 24.3 Å². The maximum absolute atomic E-state index is 10.2. The molecule has 3 nitrogen and oxygen atoms in total. The average molecular weight is 270 g/mol. The number of hydrogen-bond acceptors (Lipinski definition) is 3. The van der Waals surface area contributed by atoms with Crippen LogP contribution in [0.5, 0.6) is 0 Å². The van der Waals surface area contributed by atoms with Crippen LogP contribution in [0.2, 0.25) is 5.02 Å². The summed E-state index contributed by atoms with van der Waals surface area (Å²) in [6.45, 7) is 6.51. The molecule has 0 bridgehead atoms. The molecule has 3 atom stereocenters. The van der Waals surface area contributed by atoms with Crippen molar-refractivity contribution in [2.45, 2.75) is 32.2 Å². The molecule has 1 N–H and O–H groups in total. The molecule has 100 valence electrons. The summed E-state index contributed by atoms with van der Waals surface area (Å²) in [7, 11) is 0. The van der Waals surface area contributed by atoms with Crippen LogP contribution >= 0.6 is 11.6 Å². The number of benzene rings is 1. The lowest BCUT2D eigenvalue weighted by atomic mass is 10.1. The highest BCUT2D eigenvalue weighted by Crippen LogP contribution is 2.19. The largest absolute Gasteiger partial charge is 0.387 e. The van der Waals surface area contributed by atoms with Gasteiger partial charge in [-0.05, 0) is 31.5 Å². The minimum absolute atomic E-state index is 0.228. The van der Waals surface area contributed by atoms with Gasteiger partial charge in [-0.3, -0.25) is 4.90 Å². The lowest BCUT2D eigenvalue weighted by Crippen LogP contribution is -2.46. The third-order valence-corrected chi connectivity index (χ3v) is 3.43. The molecule has 0 radical (unpaired) electrons. The molecule has 1 aromatic carbocycles. The van der Waals surface area contributed by atoms with Gasteiger partial charge in [0.2, 0.25) is 0 Å². The summed E-state index contributed by atoms with van der Waals surface area (Å²) in [5.74, 6) is 0. The zero-order valence-corrected chi connectivity index (χ0v) is 11.6. The summed E-state index contributed by atoms with van der Waals surface area (Å²) in [6, 6.07) is 7.37. The van der Waals surface area contributed by atoms with Crippen molar-refractivity contribution in [2.75, 3.05) is 19.6 Å². The number of ether oxygens (including phenoxy) is 1. The molecular formula is C14H20ClNO2. The third-order valence-electron chi connectivity index (χ3n) is 3.18. The van der Waals surface area contributed by atoms with E-state index in [1.165, 1.54) is 0 Å². The fraction of sp³-hybridized carbons (Fsp3) is 0.571. The monoisotopic (exact) mass is 269 g/mol. The Bertz CT molecular complexity index is 372. The van der Waals surface area contributed by atoms with Gasteiger partial charge in [0.15, 0.2) is 0 Å². The van der Waals surface area contributed by atoms with Gasteiger partial charge in [-0.15, -0.1) is 0 Å². The van der Waals surface area contributed by atoms with Gasteiger partial charge in [-0.2, -0.15) is 0 Å². The Morgan fingerprint density at radius 1 is 1.28 bits per heavy atom. The summed E-state index contributed by atoms with van der Waals surface area (Å²) in [5.41, 5.74) is 0.909. The smallest absolute Gasteiger partial charge is 0.0916 e. The highest BCUT2D eigenvalue weighted by Gasteiger charge is 2.24. The molecule has 0 spiro atoms. The Balaban J connectivity index is 1.94. The van der Waals surface area contributed by atoms with Crippen molar-refractivity contribution in [1.82, 2.24) is 4.90 Å². The SMILES string of the molecule is CC1CN(CC(O)c2ccc(Cl)cc2)CC(C)O1. The van der Waals surface area contributed by atoms with E-state index < -0.39 is 6.10 Å². The Labute approximate surface area is 113 Å². The Kier molecular flexibility index (Phi) is 4.62. The molecule has 1 aliphatic heterocycles. The van der Waals surface area contributed by atoms with E-state index >= 15 is 0 Å². The second-order valence-corrected chi connectivity index (χ2v) is 5.48. The number of aliphatic hydroxyl groups is 1. The minimum Gasteiger partial charge on any atom is -0.387 e. The lowest BCUT2D eigenvalue weighted by molar-refractivity contribution is -0.0767. The predicted octanol–water partition coefficient (Wildman–Crippen LogP) is 2.48. The standard InChI is InChI=1S/C14H20ClNO2/c1-10-7-16(8-11(2)18-10)9-14(17)12-3-5-13(15)6-4-12/h3-6,10-11,14,17H,7-9H2,1-2H3. The summed E-state index contributed by atoms with van der Waals surface area (Å²) in [6.07, 6.45) is -0.0166. The van der Waals surface area contributed by atoms with Crippen LogP contribution in [0.3, 0.4) is 0 Å². The van der Waals surface area contributed by atoms with Crippen molar-refractivity contribution in [3.05, 3.63) is 34.9 Å². The zero-order valence-electron chi connectivity index (χ0n) is 10.8. The molecule has 1 saturated heterocycles. The number of morpholine rings is 1. The van der Waals surface area contributed by atoms with Gasteiger partial charge in [0.1, 0.15) is 0 Å². The van der Waals surface area contributed by atoms with Crippen molar-refractivity contribution in [1.29, 1.82) is 0 Å². The molecule has 4 heteroatoms. The first-order valence-electron chi connectivity index (χ1n) is 6.36. The van der Waals surface area contributed by atoms with Crippen molar-refractivity contribution < 1.29 is 9.84 Å². The Hall–Kier alpha value is -0.610. The summed E-state index contributed by atoms with van der Waals surface area (Å²) in [4.78, 5) is 2.25. The number of hydrogen-bond donors (Lipinski definition) is 1. The van der Waals surface area contributed by atoms with Crippen molar-refractivity contribution >= 4 is 11.6 Å². The molecule has 1 aliphatic rings. The average Bonchev–Trinajstić information content (AvgIpc) is 2.28. The van der Waals surface area contributed by atoms with Crippen LogP contribution in [0.25, 0.3) is 0 Å². The lowest BCUT2D eigenvalue weighted by Gasteiger charge is -2.36. The molecule has 1 heterocycles. The van der Waals surface area contributed by atoms with E-state index in [1.54, 1.807) is 0 Å². The summed E-state index contributed by atoms with van der Waals surface area (Å²) >= 11 is 5.84. The topological polar surface area (TPSA) is 32.7 Å². The number of aliphatic hydroxyl groups excluding tert-OH is 1. The molecule has 3 unspecified atom stereocenters. The highest BCUT2D eigenvalue weighted by atomic mass is 35.5. The molecule has 0 aliphatic carbocycles. The second-order valence-electron chi connectivity index (χ2n) is 5.04. The van der Waals surface area contributed by atoms with Crippen LogP contribution in [-0.4, -0.2) is 41.8 Å². The summed E-state index contributed by atoms with van der Waals surface area (Å²) in [5, 5.41) is 10.9. The van der Waals surface area contributed by atoms with Gasteiger partial charge < -0.3 is 9.84 Å². The van der Waals surface area contributed by atoms with E-state index in [-0.39, 0.29) is 12.2 Å². The minimum atomic E-state index is -0.472. The number of halogens is 1. The van der Waals surface area contributed by atoms with E-state index in [0.717, 1.165) is 18.7 Å². The van der Waals surface area contributed by atoms with Crippen LogP contribution < -0.4 is 0 Å². The maximum Gasteiger partial charge on any atom is 0.0916 e. The zero-order chi connectivity index (χ0) is 13.1. The van der Waals surface area contributed by atoms with E-state index in [2.05, 4.69) is 18.7 Å². The van der Waals surface area contributed by atoms with Gasteiger partial charge in [0, 0.05) is 24.7 Å². The third kappa shape index (κ3) is 3.69. The second kappa shape index (κ2) is 6.02. The fourth-order valence-corrected chi connectivity index (χ4v) is 2.59. The van der Waals surface area contributed by atoms with Gasteiger partial charge in [-0.1, -0.05) is 23.7 Å². The molecule has 1 aromatic rings. The van der Waals surface area contributed by atoms with Gasteiger partial charge in [0.25, 0.3) is 0 Å². The quantitative estimate of drug-likeness (QED) is 0.915. The van der Waals surface area contributed by atoms with Gasteiger partial charge in [0.05, 0.1) is 18.3 Å². The number of nitrogens with zero attached hydrogens (tertiary/aromatic N) is 1. The first kappa shape index (κ1) is 13.8. The van der Waals surface area contributed by atoms with E-state index in [0.29, 0.717) is 11.6 Å². The Morgan fingerprint density at radius 2 is 1.83 bits per heavy atom. The van der Waals surface area contributed by atoms with Crippen molar-refractivity contribution in [3.63, 3.8) is 0 Å². The highest BCUT2D eigenvalue weighted by molar-refractivity contribution is 6.30. The Morgan fingerprint density at radius 3 is 2.39 bits per heavy atom. The van der Waals surface area contributed by atoms with E-state index in [4.69, 9.17) is 16.3 Å². The first-order valence-corrected chi connectivity index (χ1v) is 6.73. The molecule has 1 fully saturated rings. The van der Waals surface area contributed by atoms with Crippen LogP contribution in [0, 0.1) is 0 Å². The molecule has 2 rings (SSSR count). The van der Waals surface area contributed by atoms with Crippen LogP contribution in [0.1, 0.15) is 25.5 Å². The fourth-order valence-electron chi connectivity index (χ4n) is 2.47. The van der Waals surface area contributed by atoms with E-state index in [9.17, 15) is 5.11 Å².